The molecule has 1 unspecified atom stereocenters. The van der Waals surface area contributed by atoms with Crippen LogP contribution in [0.4, 0.5) is 4.39 Å². The average molecular weight is 263 g/mol. The predicted molar refractivity (Wildman–Crippen MR) is 65.3 cm³/mol. The van der Waals surface area contributed by atoms with Crippen molar-refractivity contribution in [3.8, 4) is 0 Å². The molecule has 0 saturated carbocycles. The molecule has 0 fully saturated rings. The van der Waals surface area contributed by atoms with Crippen molar-refractivity contribution in [2.24, 2.45) is 5.73 Å². The zero-order chi connectivity index (χ0) is 12.1. The number of amides is 1. The number of rotatable bonds is 4. The summed E-state index contributed by atoms with van der Waals surface area (Å²) in [5, 5.41) is 12.1. The molecule has 1 rings (SSSR count). The van der Waals surface area contributed by atoms with Crippen molar-refractivity contribution in [2.75, 3.05) is 6.54 Å². The van der Waals surface area contributed by atoms with Crippen molar-refractivity contribution in [3.05, 3.63) is 35.6 Å². The number of carbonyl (C=O) groups excluding carboxylic acids is 1. The van der Waals surface area contributed by atoms with Crippen LogP contribution in [0.3, 0.4) is 0 Å². The zero-order valence-corrected chi connectivity index (χ0v) is 10.2. The Morgan fingerprint density at radius 1 is 1.53 bits per heavy atom. The second-order valence-corrected chi connectivity index (χ2v) is 3.57. The molecule has 2 atom stereocenters. The van der Waals surface area contributed by atoms with Gasteiger partial charge >= 0.3 is 0 Å². The molecule has 0 aliphatic heterocycles. The SMILES string of the molecule is C[C@@H](N)C(=O)NCC(O)c1ccccc1F.Cl. The first-order valence-corrected chi connectivity index (χ1v) is 4.98. The van der Waals surface area contributed by atoms with Crippen LogP contribution < -0.4 is 11.1 Å². The quantitative estimate of drug-likeness (QED) is 0.749. The summed E-state index contributed by atoms with van der Waals surface area (Å²) in [4.78, 5) is 11.1. The van der Waals surface area contributed by atoms with E-state index in [1.54, 1.807) is 6.07 Å². The summed E-state index contributed by atoms with van der Waals surface area (Å²) in [5.41, 5.74) is 5.48. The minimum atomic E-state index is -1.07. The maximum Gasteiger partial charge on any atom is 0.236 e. The van der Waals surface area contributed by atoms with Gasteiger partial charge in [0.2, 0.25) is 5.91 Å². The van der Waals surface area contributed by atoms with Crippen LogP contribution in [-0.4, -0.2) is 23.6 Å². The van der Waals surface area contributed by atoms with Gasteiger partial charge in [-0.25, -0.2) is 4.39 Å². The summed E-state index contributed by atoms with van der Waals surface area (Å²) in [5.74, 6) is -0.875. The van der Waals surface area contributed by atoms with Gasteiger partial charge < -0.3 is 16.2 Å². The molecule has 0 aromatic heterocycles. The van der Waals surface area contributed by atoms with E-state index in [0.717, 1.165) is 0 Å². The van der Waals surface area contributed by atoms with Crippen LogP contribution in [0.15, 0.2) is 24.3 Å². The number of carbonyl (C=O) groups is 1. The van der Waals surface area contributed by atoms with Crippen molar-refractivity contribution in [1.82, 2.24) is 5.32 Å². The van der Waals surface area contributed by atoms with E-state index in [-0.39, 0.29) is 30.4 Å². The summed E-state index contributed by atoms with van der Waals surface area (Å²) in [6, 6.07) is 5.23. The Morgan fingerprint density at radius 2 is 2.12 bits per heavy atom. The fourth-order valence-corrected chi connectivity index (χ4v) is 1.21. The standard InChI is InChI=1S/C11H15FN2O2.ClH/c1-7(13)11(16)14-6-10(15)8-4-2-3-5-9(8)12;/h2-5,7,10,15H,6,13H2,1H3,(H,14,16);1H/t7-,10?;/m1./s1. The van der Waals surface area contributed by atoms with Gasteiger partial charge in [-0.2, -0.15) is 0 Å². The van der Waals surface area contributed by atoms with E-state index in [1.165, 1.54) is 25.1 Å². The van der Waals surface area contributed by atoms with Gasteiger partial charge in [0, 0.05) is 12.1 Å². The summed E-state index contributed by atoms with van der Waals surface area (Å²) in [6.45, 7) is 1.48. The fraction of sp³-hybridized carbons (Fsp3) is 0.364. The second kappa shape index (κ2) is 7.21. The molecule has 1 aromatic rings. The number of nitrogens with one attached hydrogen (secondary N) is 1. The van der Waals surface area contributed by atoms with Crippen molar-refractivity contribution in [2.45, 2.75) is 19.1 Å². The normalized spacial score (nSPS) is 13.4. The van der Waals surface area contributed by atoms with E-state index in [9.17, 15) is 14.3 Å². The molecule has 0 heterocycles. The highest BCUT2D eigenvalue weighted by Gasteiger charge is 2.14. The number of aliphatic hydroxyl groups is 1. The highest BCUT2D eigenvalue weighted by atomic mass is 35.5. The van der Waals surface area contributed by atoms with Crippen LogP contribution in [0.25, 0.3) is 0 Å². The van der Waals surface area contributed by atoms with Crippen molar-refractivity contribution in [3.63, 3.8) is 0 Å². The lowest BCUT2D eigenvalue weighted by Crippen LogP contribution is -2.40. The van der Waals surface area contributed by atoms with E-state index in [2.05, 4.69) is 5.32 Å². The molecule has 0 aliphatic rings. The van der Waals surface area contributed by atoms with E-state index >= 15 is 0 Å². The first kappa shape index (κ1) is 15.8. The van der Waals surface area contributed by atoms with Gasteiger partial charge in [0.05, 0.1) is 12.1 Å². The molecule has 17 heavy (non-hydrogen) atoms. The number of aliphatic hydroxyl groups excluding tert-OH is 1. The lowest BCUT2D eigenvalue weighted by Gasteiger charge is -2.14. The van der Waals surface area contributed by atoms with Crippen LogP contribution in [0, 0.1) is 5.82 Å². The maximum atomic E-state index is 13.2. The van der Waals surface area contributed by atoms with E-state index in [1.807, 2.05) is 0 Å². The van der Waals surface area contributed by atoms with Crippen LogP contribution >= 0.6 is 12.4 Å². The largest absolute Gasteiger partial charge is 0.386 e. The average Bonchev–Trinajstić information content (AvgIpc) is 2.25. The molecule has 0 aliphatic carbocycles. The maximum absolute atomic E-state index is 13.2. The minimum absolute atomic E-state index is 0. The third-order valence-electron chi connectivity index (χ3n) is 2.15. The lowest BCUT2D eigenvalue weighted by molar-refractivity contribution is -0.122. The zero-order valence-electron chi connectivity index (χ0n) is 9.39. The van der Waals surface area contributed by atoms with Crippen molar-refractivity contribution >= 4 is 18.3 Å². The Morgan fingerprint density at radius 3 is 2.65 bits per heavy atom. The lowest BCUT2D eigenvalue weighted by atomic mass is 10.1. The van der Waals surface area contributed by atoms with Crippen LogP contribution in [0.2, 0.25) is 0 Å². The molecule has 4 N–H and O–H groups in total. The summed E-state index contributed by atoms with van der Waals surface area (Å²) >= 11 is 0. The Labute approximate surface area is 105 Å². The van der Waals surface area contributed by atoms with Gasteiger partial charge in [-0.1, -0.05) is 18.2 Å². The predicted octanol–water partition coefficient (Wildman–Crippen LogP) is 0.744. The van der Waals surface area contributed by atoms with Gasteiger partial charge in [0.25, 0.3) is 0 Å². The Bertz CT molecular complexity index is 374. The first-order valence-electron chi connectivity index (χ1n) is 4.98. The molecule has 96 valence electrons. The smallest absolute Gasteiger partial charge is 0.236 e. The molecule has 6 heteroatoms. The molecule has 0 saturated heterocycles. The number of hydrogen-bond donors (Lipinski definition) is 3. The van der Waals surface area contributed by atoms with Crippen molar-refractivity contribution < 1.29 is 14.3 Å². The number of hydrogen-bond acceptors (Lipinski definition) is 3. The fourth-order valence-electron chi connectivity index (χ4n) is 1.21. The Balaban J connectivity index is 0.00000256. The highest BCUT2D eigenvalue weighted by molar-refractivity contribution is 5.85. The minimum Gasteiger partial charge on any atom is -0.386 e. The number of benzene rings is 1. The Kier molecular flexibility index (Phi) is 6.72. The first-order chi connectivity index (χ1) is 7.52. The molecule has 4 nitrogen and oxygen atoms in total. The number of halogens is 2. The molecule has 1 amide bonds. The monoisotopic (exact) mass is 262 g/mol. The van der Waals surface area contributed by atoms with E-state index in [0.29, 0.717) is 0 Å². The van der Waals surface area contributed by atoms with Crippen LogP contribution in [-0.2, 0) is 4.79 Å². The molecule has 0 radical (unpaired) electrons. The van der Waals surface area contributed by atoms with Crippen LogP contribution in [0.1, 0.15) is 18.6 Å². The van der Waals surface area contributed by atoms with Crippen molar-refractivity contribution in [1.29, 1.82) is 0 Å². The third kappa shape index (κ3) is 4.68. The second-order valence-electron chi connectivity index (χ2n) is 3.57. The summed E-state index contributed by atoms with van der Waals surface area (Å²) in [7, 11) is 0. The highest BCUT2D eigenvalue weighted by Crippen LogP contribution is 2.15. The van der Waals surface area contributed by atoms with Gasteiger partial charge in [0.15, 0.2) is 0 Å². The third-order valence-corrected chi connectivity index (χ3v) is 2.15. The molecular formula is C11H16ClFN2O2. The van der Waals surface area contributed by atoms with Gasteiger partial charge in [-0.15, -0.1) is 12.4 Å². The van der Waals surface area contributed by atoms with Gasteiger partial charge in [0.1, 0.15) is 5.82 Å². The van der Waals surface area contributed by atoms with E-state index in [4.69, 9.17) is 5.73 Å². The molecular weight excluding hydrogens is 247 g/mol. The molecule has 0 spiro atoms. The molecule has 1 aromatic carbocycles. The van der Waals surface area contributed by atoms with Crippen LogP contribution in [0.5, 0.6) is 0 Å². The van der Waals surface area contributed by atoms with Gasteiger partial charge in [-0.05, 0) is 13.0 Å². The summed E-state index contributed by atoms with van der Waals surface area (Å²) < 4.78 is 13.2. The Hall–Kier alpha value is -1.17. The molecule has 0 bridgehead atoms. The van der Waals surface area contributed by atoms with Gasteiger partial charge in [-0.3, -0.25) is 4.79 Å². The van der Waals surface area contributed by atoms with E-state index < -0.39 is 18.0 Å². The topological polar surface area (TPSA) is 75.4 Å². The number of nitrogens with two attached hydrogens (primary N) is 1. The summed E-state index contributed by atoms with van der Waals surface area (Å²) in [6.07, 6.45) is -1.07.